The van der Waals surface area contributed by atoms with Crippen LogP contribution in [0.1, 0.15) is 33.6 Å². The predicted octanol–water partition coefficient (Wildman–Crippen LogP) is 11.6. The number of nitrogens with one attached hydrogen (secondary N) is 2. The van der Waals surface area contributed by atoms with Crippen LogP contribution in [0, 0.1) is 0 Å². The van der Waals surface area contributed by atoms with Crippen LogP contribution < -0.4 is 10.7 Å². The van der Waals surface area contributed by atoms with E-state index < -0.39 is 0 Å². The average Bonchev–Trinajstić information content (AvgIpc) is 4.03. The molecule has 2 aliphatic carbocycles. The summed E-state index contributed by atoms with van der Waals surface area (Å²) in [5.41, 5.74) is 12.6. The Kier molecular flexibility index (Phi) is 9.16. The molecule has 278 valence electrons. The molecule has 0 saturated carbocycles. The van der Waals surface area contributed by atoms with Crippen molar-refractivity contribution in [3.05, 3.63) is 256 Å². The lowest BCUT2D eigenvalue weighted by atomic mass is 9.90. The Morgan fingerprint density at radius 1 is 0.414 bits per heavy atom. The minimum absolute atomic E-state index is 0.111. The maximum absolute atomic E-state index is 15.7. The molecule has 10 rings (SSSR count). The van der Waals surface area contributed by atoms with Gasteiger partial charge in [-0.1, -0.05) is 125 Å². The number of fused-ring (bicyclic) bond motifs is 9. The molecule has 4 nitrogen and oxygen atoms in total. The van der Waals surface area contributed by atoms with Crippen LogP contribution in [0.2, 0.25) is 20.1 Å². The number of carbonyl (C=O) groups is 1. The van der Waals surface area contributed by atoms with E-state index in [4.69, 9.17) is 51.4 Å². The Hall–Kier alpha value is -6.14. The predicted molar refractivity (Wildman–Crippen MR) is 239 cm³/mol. The van der Waals surface area contributed by atoms with Crippen molar-refractivity contribution >= 4 is 80.2 Å². The summed E-state index contributed by atoms with van der Waals surface area (Å²) in [6, 6.07) is 38.9. The molecule has 0 fully saturated rings. The van der Waals surface area contributed by atoms with Gasteiger partial charge in [-0.25, -0.2) is 4.99 Å². The lowest BCUT2D eigenvalue weighted by molar-refractivity contribution is -0.111. The van der Waals surface area contributed by atoms with Gasteiger partial charge in [0.15, 0.2) is 5.78 Å². The van der Waals surface area contributed by atoms with Crippen LogP contribution in [0.5, 0.6) is 0 Å². The third-order valence-corrected chi connectivity index (χ3v) is 11.7. The Morgan fingerprint density at radius 3 is 1.50 bits per heavy atom. The molecule has 0 radical (unpaired) electrons. The van der Waals surface area contributed by atoms with Crippen LogP contribution in [-0.2, 0) is 4.79 Å². The molecule has 4 aromatic carbocycles. The molecule has 4 aliphatic rings. The molecular formula is C50H29Cl4N3O. The molecule has 0 amide bonds. The van der Waals surface area contributed by atoms with Crippen LogP contribution >= 0.6 is 46.4 Å². The first-order valence-electron chi connectivity index (χ1n) is 18.6. The molecule has 0 unspecified atom stereocenters. The number of hydrogen-bond donors (Lipinski definition) is 2. The van der Waals surface area contributed by atoms with Crippen molar-refractivity contribution in [3.63, 3.8) is 0 Å². The maximum Gasteiger partial charge on any atom is 0.195 e. The fourth-order valence-electron chi connectivity index (χ4n) is 8.08. The summed E-state index contributed by atoms with van der Waals surface area (Å²) >= 11 is 25.8. The van der Waals surface area contributed by atoms with Gasteiger partial charge in [0.05, 0.1) is 11.4 Å². The van der Waals surface area contributed by atoms with E-state index in [0.29, 0.717) is 31.2 Å². The second kappa shape index (κ2) is 14.7. The van der Waals surface area contributed by atoms with Gasteiger partial charge < -0.3 is 9.97 Å². The van der Waals surface area contributed by atoms with Gasteiger partial charge in [0.1, 0.15) is 0 Å². The summed E-state index contributed by atoms with van der Waals surface area (Å²) in [5.74, 6) is -0.111. The van der Waals surface area contributed by atoms with Gasteiger partial charge in [0.2, 0.25) is 0 Å². The third-order valence-electron chi connectivity index (χ3n) is 10.7. The van der Waals surface area contributed by atoms with Crippen molar-refractivity contribution in [2.45, 2.75) is 0 Å². The summed E-state index contributed by atoms with van der Waals surface area (Å²) in [7, 11) is 0. The Labute approximate surface area is 354 Å². The van der Waals surface area contributed by atoms with E-state index in [-0.39, 0.29) is 5.78 Å². The zero-order valence-electron chi connectivity index (χ0n) is 30.5. The summed E-state index contributed by atoms with van der Waals surface area (Å²) < 4.78 is 0. The molecule has 8 heteroatoms. The Balaban J connectivity index is 1.39. The smallest absolute Gasteiger partial charge is 0.195 e. The fourth-order valence-corrected chi connectivity index (χ4v) is 8.59. The van der Waals surface area contributed by atoms with Crippen molar-refractivity contribution in [2.24, 2.45) is 4.99 Å². The standard InChI is InChI=1S/C50H29Cl4N3O/c51-32-14-6-28(7-15-32)44-38-22-23-39(55-38)45(29-8-16-33(52)17-9-29)41-25-27-43(57-41)47(31-12-20-35(54)21-13-31)49-37-5-3-1-2-4-36(37)48(50(49)58)46(42-26-24-40(44)56-42)30-10-18-34(53)19-11-30/h1-27,56-57H. The van der Waals surface area contributed by atoms with Crippen molar-refractivity contribution in [1.82, 2.24) is 9.97 Å². The summed E-state index contributed by atoms with van der Waals surface area (Å²) in [5, 5.41) is 4.03. The zero-order chi connectivity index (χ0) is 39.5. The Bertz CT molecular complexity index is 3110. The van der Waals surface area contributed by atoms with E-state index >= 15 is 4.79 Å². The largest absolute Gasteiger partial charge is 0.354 e. The number of carbonyl (C=O) groups excluding carboxylic acids is 1. The van der Waals surface area contributed by atoms with Crippen molar-refractivity contribution < 1.29 is 4.79 Å². The Morgan fingerprint density at radius 2 is 0.914 bits per heavy atom. The number of benzene rings is 4. The number of aromatic amines is 2. The number of allylic oxidation sites excluding steroid dienone is 11. The van der Waals surface area contributed by atoms with Crippen molar-refractivity contribution in [3.8, 4) is 0 Å². The van der Waals surface area contributed by atoms with Gasteiger partial charge in [-0.2, -0.15) is 0 Å². The number of Topliss-reactive ketones (excluding diaryl/α,β-unsaturated/α-hetero) is 1. The molecule has 0 saturated heterocycles. The van der Waals surface area contributed by atoms with Gasteiger partial charge in [0, 0.05) is 75.6 Å². The highest BCUT2D eigenvalue weighted by Crippen LogP contribution is 2.46. The SMILES string of the molecule is O=C1C2=C3C=CC=CC=C3C1=C(c1ccc(Cl)cc1)c1ccc([nH]1)C(c1ccc(Cl)cc1)=C1C=CC(=N1)C(c1ccc(Cl)cc1)=c1ccc([nH]1)=C2c1ccc(Cl)cc1. The summed E-state index contributed by atoms with van der Waals surface area (Å²) in [6.45, 7) is 0. The highest BCUT2D eigenvalue weighted by atomic mass is 35.5. The lowest BCUT2D eigenvalue weighted by Gasteiger charge is -2.14. The maximum atomic E-state index is 15.7. The van der Waals surface area contributed by atoms with Gasteiger partial charge in [-0.05, 0) is 118 Å². The number of halogens is 4. The van der Waals surface area contributed by atoms with E-state index in [1.807, 2.05) is 164 Å². The first kappa shape index (κ1) is 36.2. The number of nitrogens with zero attached hydrogens (tertiary/aromatic N) is 1. The highest BCUT2D eigenvalue weighted by molar-refractivity contribution is 6.33. The summed E-state index contributed by atoms with van der Waals surface area (Å²) in [4.78, 5) is 28.5. The highest BCUT2D eigenvalue weighted by Gasteiger charge is 2.38. The first-order valence-corrected chi connectivity index (χ1v) is 20.1. The average molecular weight is 830 g/mol. The fraction of sp³-hybridized carbons (Fsp3) is 0. The first-order chi connectivity index (χ1) is 28.3. The van der Waals surface area contributed by atoms with Crippen LogP contribution in [0.15, 0.2) is 197 Å². The number of aliphatic imine (C=N–C) groups is 1. The lowest BCUT2D eigenvalue weighted by Crippen LogP contribution is -2.21. The van der Waals surface area contributed by atoms with Crippen LogP contribution in [-0.4, -0.2) is 21.5 Å². The molecule has 0 spiro atoms. The molecule has 2 aromatic heterocycles. The van der Waals surface area contributed by atoms with Crippen molar-refractivity contribution in [1.29, 1.82) is 0 Å². The van der Waals surface area contributed by atoms with E-state index in [0.717, 1.165) is 89.2 Å². The van der Waals surface area contributed by atoms with E-state index in [1.54, 1.807) is 0 Å². The molecule has 2 aliphatic heterocycles. The minimum atomic E-state index is -0.111. The van der Waals surface area contributed by atoms with E-state index in [2.05, 4.69) is 9.97 Å². The molecule has 6 aromatic rings. The third kappa shape index (κ3) is 6.35. The molecule has 8 bridgehead atoms. The molecule has 58 heavy (non-hydrogen) atoms. The minimum Gasteiger partial charge on any atom is -0.354 e. The monoisotopic (exact) mass is 827 g/mol. The quantitative estimate of drug-likeness (QED) is 0.183. The summed E-state index contributed by atoms with van der Waals surface area (Å²) in [6.07, 6.45) is 14.1. The normalized spacial score (nSPS) is 16.0. The van der Waals surface area contributed by atoms with Crippen LogP contribution in [0.25, 0.3) is 22.3 Å². The van der Waals surface area contributed by atoms with Gasteiger partial charge in [-0.3, -0.25) is 4.79 Å². The number of aromatic nitrogens is 2. The molecule has 0 atom stereocenters. The van der Waals surface area contributed by atoms with Crippen molar-refractivity contribution in [2.75, 3.05) is 0 Å². The number of hydrogen-bond acceptors (Lipinski definition) is 2. The number of ketones is 1. The van der Waals surface area contributed by atoms with E-state index in [1.165, 1.54) is 0 Å². The zero-order valence-corrected chi connectivity index (χ0v) is 33.5. The van der Waals surface area contributed by atoms with Gasteiger partial charge in [-0.15, -0.1) is 0 Å². The second-order valence-electron chi connectivity index (χ2n) is 14.1. The topological polar surface area (TPSA) is 61.0 Å². The number of H-pyrrole nitrogens is 2. The second-order valence-corrected chi connectivity index (χ2v) is 15.9. The van der Waals surface area contributed by atoms with Crippen LogP contribution in [0.4, 0.5) is 0 Å². The van der Waals surface area contributed by atoms with E-state index in [9.17, 15) is 0 Å². The molecule has 4 heterocycles. The van der Waals surface area contributed by atoms with Gasteiger partial charge >= 0.3 is 0 Å². The van der Waals surface area contributed by atoms with Crippen LogP contribution in [0.3, 0.4) is 0 Å². The van der Waals surface area contributed by atoms with Gasteiger partial charge in [0.25, 0.3) is 0 Å². The molecule has 2 N–H and O–H groups in total. The molecular weight excluding hydrogens is 800 g/mol. The number of rotatable bonds is 4.